The maximum Gasteiger partial charge on any atom is 0.273 e. The van der Waals surface area contributed by atoms with Gasteiger partial charge in [-0.1, -0.05) is 12.1 Å². The van der Waals surface area contributed by atoms with Crippen LogP contribution in [0, 0.1) is 5.92 Å². The second-order valence-corrected chi connectivity index (χ2v) is 12.4. The first-order valence-corrected chi connectivity index (χ1v) is 13.9. The maximum atomic E-state index is 13.7. The molecule has 4 atom stereocenters. The smallest absolute Gasteiger partial charge is 0.273 e. The first-order valence-electron chi connectivity index (χ1n) is 12.1. The molecule has 1 aliphatic carbocycles. The number of carbonyl (C=O) groups excluding carboxylic acids is 1. The molecule has 1 N–H and O–H groups in total. The van der Waals surface area contributed by atoms with Crippen molar-refractivity contribution in [2.45, 2.75) is 82.3 Å². The molecular formula is C23H36N4O3S. The minimum atomic E-state index is -2.27. The van der Waals surface area contributed by atoms with Gasteiger partial charge in [-0.15, -0.1) is 0 Å². The van der Waals surface area contributed by atoms with Crippen molar-refractivity contribution >= 4 is 21.5 Å². The van der Waals surface area contributed by atoms with Crippen LogP contribution in [0.3, 0.4) is 0 Å². The van der Waals surface area contributed by atoms with E-state index >= 15 is 0 Å². The number of hydrogen-bond donors (Lipinski definition) is 1. The second-order valence-electron chi connectivity index (χ2n) is 10.1. The highest BCUT2D eigenvalue weighted by molar-refractivity contribution is 7.98. The summed E-state index contributed by atoms with van der Waals surface area (Å²) in [5, 5.41) is 7.14. The summed E-state index contributed by atoms with van der Waals surface area (Å²) in [6.45, 7) is 5.54. The Bertz CT molecular complexity index is 888. The van der Waals surface area contributed by atoms with Gasteiger partial charge in [-0.05, 0) is 82.8 Å². The van der Waals surface area contributed by atoms with Gasteiger partial charge in [0.1, 0.15) is 5.76 Å². The summed E-state index contributed by atoms with van der Waals surface area (Å²) in [6.07, 6.45) is 8.29. The van der Waals surface area contributed by atoms with E-state index in [0.29, 0.717) is 17.5 Å². The summed E-state index contributed by atoms with van der Waals surface area (Å²) in [5.41, 5.74) is 0.385. The van der Waals surface area contributed by atoms with Crippen molar-refractivity contribution in [2.75, 3.05) is 25.4 Å². The van der Waals surface area contributed by atoms with Crippen LogP contribution in [-0.2, 0) is 9.71 Å². The summed E-state index contributed by atoms with van der Waals surface area (Å²) < 4.78 is 21.3. The lowest BCUT2D eigenvalue weighted by Gasteiger charge is -2.42. The molecule has 31 heavy (non-hydrogen) atoms. The topological polar surface area (TPSA) is 78.7 Å². The van der Waals surface area contributed by atoms with Crippen LogP contribution in [0.15, 0.2) is 10.6 Å². The van der Waals surface area contributed by atoms with Gasteiger partial charge in [-0.3, -0.25) is 9.00 Å². The van der Waals surface area contributed by atoms with Crippen molar-refractivity contribution in [3.8, 4) is 0 Å². The molecule has 7 nitrogen and oxygen atoms in total. The van der Waals surface area contributed by atoms with Crippen molar-refractivity contribution in [1.29, 1.82) is 0 Å². The summed E-state index contributed by atoms with van der Waals surface area (Å²) in [6, 6.07) is 2.40. The molecule has 0 spiro atoms. The number of hydrogen-bond acceptors (Lipinski definition) is 5. The summed E-state index contributed by atoms with van der Waals surface area (Å²) >= 11 is 0. The van der Waals surface area contributed by atoms with Gasteiger partial charge >= 0.3 is 0 Å². The molecule has 0 radical (unpaired) electrons. The predicted molar refractivity (Wildman–Crippen MR) is 123 cm³/mol. The van der Waals surface area contributed by atoms with Crippen LogP contribution in [0.5, 0.6) is 0 Å². The number of likely N-dealkylation sites (tertiary alicyclic amines) is 1. The van der Waals surface area contributed by atoms with Crippen LogP contribution < -0.4 is 5.32 Å². The molecule has 2 bridgehead atoms. The molecule has 1 saturated carbocycles. The fourth-order valence-electron chi connectivity index (χ4n) is 5.93. The summed E-state index contributed by atoms with van der Waals surface area (Å²) in [4.78, 5) is 15.1. The van der Waals surface area contributed by atoms with E-state index in [4.69, 9.17) is 4.52 Å². The van der Waals surface area contributed by atoms with Crippen LogP contribution in [0.4, 0.5) is 0 Å². The van der Waals surface area contributed by atoms with E-state index < -0.39 is 9.71 Å². The minimum Gasteiger partial charge on any atom is -0.360 e. The fraction of sp³-hybridized carbons (Fsp3) is 0.783. The molecule has 1 aromatic rings. The first kappa shape index (κ1) is 21.5. The van der Waals surface area contributed by atoms with Gasteiger partial charge in [0.25, 0.3) is 5.91 Å². The van der Waals surface area contributed by atoms with E-state index in [2.05, 4.69) is 32.5 Å². The molecule has 0 aromatic carbocycles. The van der Waals surface area contributed by atoms with Crippen molar-refractivity contribution in [3.05, 3.63) is 17.5 Å². The average Bonchev–Trinajstić information content (AvgIpc) is 3.40. The van der Waals surface area contributed by atoms with Gasteiger partial charge < -0.3 is 14.7 Å². The molecule has 3 saturated heterocycles. The number of carbonyl (C=O) groups is 1. The van der Waals surface area contributed by atoms with Crippen molar-refractivity contribution in [3.63, 3.8) is 0 Å². The number of rotatable bonds is 7. The van der Waals surface area contributed by atoms with Gasteiger partial charge in [0.2, 0.25) is 0 Å². The van der Waals surface area contributed by atoms with Crippen molar-refractivity contribution in [2.24, 2.45) is 5.92 Å². The predicted octanol–water partition coefficient (Wildman–Crippen LogP) is 2.64. The Morgan fingerprint density at radius 2 is 1.87 bits per heavy atom. The van der Waals surface area contributed by atoms with E-state index in [1.165, 1.54) is 0 Å². The fourth-order valence-corrected chi connectivity index (χ4v) is 8.65. The number of piperidine rings is 2. The number of nitrogens with one attached hydrogen (secondary N) is 1. The third kappa shape index (κ3) is 4.57. The van der Waals surface area contributed by atoms with Crippen molar-refractivity contribution < 1.29 is 13.5 Å². The molecule has 1 amide bonds. The zero-order valence-corrected chi connectivity index (χ0v) is 19.4. The minimum absolute atomic E-state index is 0.102. The van der Waals surface area contributed by atoms with Gasteiger partial charge in [0.15, 0.2) is 5.69 Å². The Labute approximate surface area is 186 Å². The van der Waals surface area contributed by atoms with Gasteiger partial charge in [0.05, 0.1) is 0 Å². The molecule has 8 heteroatoms. The number of nitrogens with zero attached hydrogens (tertiary/aromatic N) is 3. The monoisotopic (exact) mass is 448 g/mol. The van der Waals surface area contributed by atoms with Crippen LogP contribution in [-0.4, -0.2) is 73.9 Å². The summed E-state index contributed by atoms with van der Waals surface area (Å²) in [5.74, 6) is 6.63. The lowest BCUT2D eigenvalue weighted by Crippen LogP contribution is -2.53. The Morgan fingerprint density at radius 1 is 1.19 bits per heavy atom. The lowest BCUT2D eigenvalue weighted by molar-refractivity contribution is 0.0901. The molecule has 2 unspecified atom stereocenters. The Hall–Kier alpha value is -1.38. The van der Waals surface area contributed by atoms with E-state index in [1.807, 2.05) is 0 Å². The highest BCUT2D eigenvalue weighted by Crippen LogP contribution is 2.41. The third-order valence-corrected chi connectivity index (χ3v) is 10.1. The van der Waals surface area contributed by atoms with Crippen LogP contribution in [0.25, 0.3) is 0 Å². The van der Waals surface area contributed by atoms with Crippen molar-refractivity contribution in [1.82, 2.24) is 19.7 Å². The number of amides is 1. The van der Waals surface area contributed by atoms with E-state index in [0.717, 1.165) is 82.5 Å². The molecular weight excluding hydrogens is 412 g/mol. The van der Waals surface area contributed by atoms with E-state index in [9.17, 15) is 9.00 Å². The van der Waals surface area contributed by atoms with Crippen LogP contribution >= 0.6 is 0 Å². The number of fused-ring (bicyclic) bond motifs is 2. The van der Waals surface area contributed by atoms with E-state index in [1.54, 1.807) is 6.07 Å². The Morgan fingerprint density at radius 3 is 2.48 bits per heavy atom. The highest BCUT2D eigenvalue weighted by Gasteiger charge is 2.45. The maximum absolute atomic E-state index is 13.7. The zero-order chi connectivity index (χ0) is 21.6. The van der Waals surface area contributed by atoms with Gasteiger partial charge in [-0.25, -0.2) is 4.31 Å². The SMILES string of the molecule is C=S(=O)(CC1CCN(CC)CC1)N1[C@@H]2CC[C@H]1CC(NC(=O)c1cc(C3CC3)on1)C2. The van der Waals surface area contributed by atoms with Crippen LogP contribution in [0.2, 0.25) is 0 Å². The second kappa shape index (κ2) is 8.52. The molecule has 5 rings (SSSR count). The molecule has 4 fully saturated rings. The first-order chi connectivity index (χ1) is 14.9. The molecule has 4 heterocycles. The molecule has 1 aromatic heterocycles. The largest absolute Gasteiger partial charge is 0.360 e. The normalized spacial score (nSPS) is 32.1. The number of aromatic nitrogens is 1. The summed E-state index contributed by atoms with van der Waals surface area (Å²) in [7, 11) is -2.27. The van der Waals surface area contributed by atoms with Crippen LogP contribution in [0.1, 0.15) is 80.5 Å². The lowest BCUT2D eigenvalue weighted by atomic mass is 9.99. The van der Waals surface area contributed by atoms with Gasteiger partial charge in [0, 0.05) is 45.6 Å². The van der Waals surface area contributed by atoms with Gasteiger partial charge in [-0.2, -0.15) is 0 Å². The zero-order valence-electron chi connectivity index (χ0n) is 18.6. The molecule has 172 valence electrons. The standard InChI is InChI=1S/C23H36N4O3S/c1-3-26-10-8-16(9-11-26)15-31(2,29)27-19-6-7-20(27)13-18(12-19)24-23(28)21-14-22(30-25-21)17-4-5-17/h14,16-20H,2-13,15H2,1H3,(H,24,28)/t18?,19-,20+,31?. The third-order valence-electron chi connectivity index (χ3n) is 7.78. The van der Waals surface area contributed by atoms with E-state index in [-0.39, 0.29) is 24.0 Å². The molecule has 4 aliphatic rings. The quantitative estimate of drug-likeness (QED) is 0.649. The molecule has 3 aliphatic heterocycles. The average molecular weight is 449 g/mol. The highest BCUT2D eigenvalue weighted by atomic mass is 32.2. The Balaban J connectivity index is 1.18. The Kier molecular flexibility index (Phi) is 5.90.